The van der Waals surface area contributed by atoms with Gasteiger partial charge in [-0.25, -0.2) is 4.79 Å². The third kappa shape index (κ3) is 3.01. The lowest BCUT2D eigenvalue weighted by atomic mass is 9.98. The minimum Gasteiger partial charge on any atom is -0.465 e. The lowest BCUT2D eigenvalue weighted by Gasteiger charge is -2.11. The van der Waals surface area contributed by atoms with Crippen LogP contribution in [0.2, 0.25) is 0 Å². The van der Waals surface area contributed by atoms with Gasteiger partial charge in [0.05, 0.1) is 23.7 Å². The zero-order chi connectivity index (χ0) is 20.7. The van der Waals surface area contributed by atoms with E-state index in [1.807, 2.05) is 30.3 Å². The van der Waals surface area contributed by atoms with Gasteiger partial charge in [-0.1, -0.05) is 70.5 Å². The number of hydrogen-bond donors (Lipinski definition) is 0. The molecule has 0 aliphatic heterocycles. The number of carbonyl (C=O) groups is 1. The molecule has 1 heterocycles. The fraction of sp³-hybridized carbons (Fsp3) is 0.0385. The predicted octanol–water partition coefficient (Wildman–Crippen LogP) is 7.00. The van der Waals surface area contributed by atoms with Crippen LogP contribution in [0.25, 0.3) is 38.6 Å². The largest absolute Gasteiger partial charge is 0.465 e. The summed E-state index contributed by atoms with van der Waals surface area (Å²) in [6.45, 7) is 0. The molecule has 5 rings (SSSR count). The fourth-order valence-electron chi connectivity index (χ4n) is 4.04. The van der Waals surface area contributed by atoms with Crippen LogP contribution in [0.1, 0.15) is 10.4 Å². The van der Waals surface area contributed by atoms with Gasteiger partial charge in [-0.2, -0.15) is 0 Å². The quantitative estimate of drug-likeness (QED) is 0.274. The van der Waals surface area contributed by atoms with E-state index in [2.05, 4.69) is 75.1 Å². The second-order valence-electron chi connectivity index (χ2n) is 7.10. The van der Waals surface area contributed by atoms with Crippen LogP contribution in [-0.4, -0.2) is 17.6 Å². The van der Waals surface area contributed by atoms with E-state index in [4.69, 9.17) is 4.74 Å². The first-order chi connectivity index (χ1) is 14.7. The van der Waals surface area contributed by atoms with Crippen molar-refractivity contribution in [1.82, 2.24) is 4.57 Å². The Bertz CT molecular complexity index is 1400. The molecule has 0 atom stereocenters. The van der Waals surface area contributed by atoms with E-state index in [9.17, 15) is 4.79 Å². The van der Waals surface area contributed by atoms with Crippen molar-refractivity contribution in [1.29, 1.82) is 0 Å². The van der Waals surface area contributed by atoms with Crippen LogP contribution in [0.5, 0.6) is 0 Å². The van der Waals surface area contributed by atoms with Crippen LogP contribution < -0.4 is 0 Å². The number of hydrogen-bond acceptors (Lipinski definition) is 2. The minimum atomic E-state index is -0.352. The highest BCUT2D eigenvalue weighted by Gasteiger charge is 2.17. The zero-order valence-electron chi connectivity index (χ0n) is 16.3. The van der Waals surface area contributed by atoms with E-state index in [0.29, 0.717) is 5.56 Å². The fourth-order valence-corrected chi connectivity index (χ4v) is 4.40. The highest BCUT2D eigenvalue weighted by atomic mass is 79.9. The second-order valence-corrected chi connectivity index (χ2v) is 8.02. The first kappa shape index (κ1) is 18.6. The standard InChI is InChI=1S/C26H18BrNO2/c1-30-26(29)23-16-18(27)12-14-20(23)17-11-13-22-21-9-5-6-10-24(21)28(25(22)15-17)19-7-3-2-4-8-19/h2-16H,1H3. The van der Waals surface area contributed by atoms with Gasteiger partial charge in [-0.05, 0) is 47.5 Å². The molecular formula is C26H18BrNO2. The third-order valence-corrected chi connectivity index (χ3v) is 5.88. The normalized spacial score (nSPS) is 11.1. The summed E-state index contributed by atoms with van der Waals surface area (Å²) in [7, 11) is 1.41. The Labute approximate surface area is 182 Å². The number of rotatable bonds is 3. The highest BCUT2D eigenvalue weighted by Crippen LogP contribution is 2.36. The Kier molecular flexibility index (Phi) is 4.64. The number of esters is 1. The van der Waals surface area contributed by atoms with Gasteiger partial charge in [0.2, 0.25) is 0 Å². The van der Waals surface area contributed by atoms with Gasteiger partial charge in [0.1, 0.15) is 0 Å². The molecule has 0 spiro atoms. The average Bonchev–Trinajstić information content (AvgIpc) is 3.12. The Morgan fingerprint density at radius 3 is 2.33 bits per heavy atom. The van der Waals surface area contributed by atoms with Gasteiger partial charge in [0, 0.05) is 20.9 Å². The Morgan fingerprint density at radius 1 is 0.800 bits per heavy atom. The van der Waals surface area contributed by atoms with Gasteiger partial charge >= 0.3 is 5.97 Å². The van der Waals surface area contributed by atoms with Crippen LogP contribution in [0, 0.1) is 0 Å². The lowest BCUT2D eigenvalue weighted by molar-refractivity contribution is 0.0601. The summed E-state index contributed by atoms with van der Waals surface area (Å²) in [6.07, 6.45) is 0. The number of para-hydroxylation sites is 2. The monoisotopic (exact) mass is 455 g/mol. The molecule has 3 nitrogen and oxygen atoms in total. The molecule has 0 radical (unpaired) electrons. The van der Waals surface area contributed by atoms with E-state index < -0.39 is 0 Å². The van der Waals surface area contributed by atoms with Gasteiger partial charge in [-0.3, -0.25) is 0 Å². The van der Waals surface area contributed by atoms with Crippen molar-refractivity contribution in [3.8, 4) is 16.8 Å². The number of nitrogens with zero attached hydrogens (tertiary/aromatic N) is 1. The van der Waals surface area contributed by atoms with Gasteiger partial charge in [0.15, 0.2) is 0 Å². The molecule has 5 aromatic rings. The van der Waals surface area contributed by atoms with Crippen molar-refractivity contribution in [2.75, 3.05) is 7.11 Å². The summed E-state index contributed by atoms with van der Waals surface area (Å²) in [5.41, 5.74) is 5.70. The lowest BCUT2D eigenvalue weighted by Crippen LogP contribution is -2.03. The van der Waals surface area contributed by atoms with Crippen molar-refractivity contribution in [3.63, 3.8) is 0 Å². The Hall–Kier alpha value is -3.37. The number of halogens is 1. The molecule has 0 bridgehead atoms. The molecule has 0 unspecified atom stereocenters. The van der Waals surface area contributed by atoms with Crippen molar-refractivity contribution in [2.24, 2.45) is 0 Å². The highest BCUT2D eigenvalue weighted by molar-refractivity contribution is 9.10. The summed E-state index contributed by atoms with van der Waals surface area (Å²) in [6, 6.07) is 30.8. The van der Waals surface area contributed by atoms with Crippen molar-refractivity contribution in [2.45, 2.75) is 0 Å². The molecule has 0 N–H and O–H groups in total. The van der Waals surface area contributed by atoms with Crippen molar-refractivity contribution >= 4 is 43.7 Å². The molecule has 4 heteroatoms. The number of benzene rings is 4. The molecule has 0 aliphatic carbocycles. The summed E-state index contributed by atoms with van der Waals surface area (Å²) >= 11 is 3.46. The van der Waals surface area contributed by atoms with Crippen molar-refractivity contribution in [3.05, 3.63) is 101 Å². The SMILES string of the molecule is COC(=O)c1cc(Br)ccc1-c1ccc2c3ccccc3n(-c3ccccc3)c2c1. The third-order valence-electron chi connectivity index (χ3n) is 5.39. The number of ether oxygens (including phenoxy) is 1. The van der Waals surface area contributed by atoms with E-state index in [-0.39, 0.29) is 5.97 Å². The number of aromatic nitrogens is 1. The second kappa shape index (κ2) is 7.47. The number of carbonyl (C=O) groups excluding carboxylic acids is 1. The molecule has 30 heavy (non-hydrogen) atoms. The topological polar surface area (TPSA) is 31.2 Å². The maximum Gasteiger partial charge on any atom is 0.338 e. The summed E-state index contributed by atoms with van der Waals surface area (Å²) in [5, 5.41) is 2.38. The first-order valence-corrected chi connectivity index (χ1v) is 10.4. The Balaban J connectivity index is 1.83. The maximum atomic E-state index is 12.4. The molecule has 0 saturated carbocycles. The molecular weight excluding hydrogens is 438 g/mol. The molecule has 146 valence electrons. The molecule has 0 aliphatic rings. The number of methoxy groups -OCH3 is 1. The summed E-state index contributed by atoms with van der Waals surface area (Å²) < 4.78 is 8.12. The summed E-state index contributed by atoms with van der Waals surface area (Å²) in [5.74, 6) is -0.352. The zero-order valence-corrected chi connectivity index (χ0v) is 17.9. The molecule has 0 amide bonds. The van der Waals surface area contributed by atoms with Gasteiger partial charge < -0.3 is 9.30 Å². The van der Waals surface area contributed by atoms with E-state index in [0.717, 1.165) is 32.3 Å². The molecule has 4 aromatic carbocycles. The van der Waals surface area contributed by atoms with Crippen LogP contribution in [-0.2, 0) is 4.74 Å². The summed E-state index contributed by atoms with van der Waals surface area (Å²) in [4.78, 5) is 12.4. The van der Waals surface area contributed by atoms with Crippen LogP contribution in [0.15, 0.2) is 95.5 Å². The molecule has 1 aromatic heterocycles. The van der Waals surface area contributed by atoms with Crippen LogP contribution >= 0.6 is 15.9 Å². The predicted molar refractivity (Wildman–Crippen MR) is 125 cm³/mol. The average molecular weight is 456 g/mol. The molecule has 0 saturated heterocycles. The van der Waals surface area contributed by atoms with Crippen molar-refractivity contribution < 1.29 is 9.53 Å². The Morgan fingerprint density at radius 2 is 1.53 bits per heavy atom. The van der Waals surface area contributed by atoms with Gasteiger partial charge in [-0.15, -0.1) is 0 Å². The minimum absolute atomic E-state index is 0.352. The van der Waals surface area contributed by atoms with E-state index in [1.165, 1.54) is 17.9 Å². The molecule has 0 fully saturated rings. The maximum absolute atomic E-state index is 12.4. The smallest absolute Gasteiger partial charge is 0.338 e. The van der Waals surface area contributed by atoms with Crippen LogP contribution in [0.4, 0.5) is 0 Å². The first-order valence-electron chi connectivity index (χ1n) is 9.64. The van der Waals surface area contributed by atoms with E-state index >= 15 is 0 Å². The van der Waals surface area contributed by atoms with Gasteiger partial charge in [0.25, 0.3) is 0 Å². The van der Waals surface area contributed by atoms with E-state index in [1.54, 1.807) is 6.07 Å². The van der Waals surface area contributed by atoms with Crippen LogP contribution in [0.3, 0.4) is 0 Å². The number of fused-ring (bicyclic) bond motifs is 3.